The Labute approximate surface area is 51.8 Å². The van der Waals surface area contributed by atoms with Gasteiger partial charge in [-0.2, -0.15) is 0 Å². The molecule has 0 atom stereocenters. The van der Waals surface area contributed by atoms with Gasteiger partial charge in [0.1, 0.15) is 0 Å². The molecule has 0 aromatic carbocycles. The van der Waals surface area contributed by atoms with Crippen LogP contribution in [-0.4, -0.2) is 19.5 Å². The SMILES string of the molecule is CC[SiH](CC)O[SiH2].[H+]. The Kier molecular flexibility index (Phi) is 4.81. The lowest BCUT2D eigenvalue weighted by Crippen LogP contribution is -2.12. The van der Waals surface area contributed by atoms with Crippen LogP contribution in [0.4, 0.5) is 0 Å². The van der Waals surface area contributed by atoms with Gasteiger partial charge in [-0.25, -0.2) is 0 Å². The molecule has 0 unspecified atom stereocenters. The van der Waals surface area contributed by atoms with Gasteiger partial charge in [-0.05, 0) is 12.1 Å². The first-order valence-electron chi connectivity index (χ1n) is 2.76. The first-order valence-corrected chi connectivity index (χ1v) is 5.44. The Morgan fingerprint density at radius 3 is 2.00 bits per heavy atom. The van der Waals surface area contributed by atoms with E-state index in [9.17, 15) is 0 Å². The summed E-state index contributed by atoms with van der Waals surface area (Å²) in [6.45, 7) is 4.41. The van der Waals surface area contributed by atoms with Gasteiger partial charge in [-0.1, -0.05) is 13.8 Å². The third-order valence-corrected chi connectivity index (χ3v) is 4.85. The second kappa shape index (κ2) is 4.55. The van der Waals surface area contributed by atoms with Crippen molar-refractivity contribution in [3.63, 3.8) is 0 Å². The van der Waals surface area contributed by atoms with Gasteiger partial charge in [0.2, 0.25) is 0 Å². The van der Waals surface area contributed by atoms with Crippen molar-refractivity contribution < 1.29 is 5.54 Å². The van der Waals surface area contributed by atoms with Crippen LogP contribution in [0.15, 0.2) is 0 Å². The second-order valence-electron chi connectivity index (χ2n) is 1.61. The molecule has 0 saturated carbocycles. The molecule has 0 aliphatic carbocycles. The van der Waals surface area contributed by atoms with Crippen LogP contribution >= 0.6 is 0 Å². The molecular weight excluding hydrogens is 120 g/mol. The molecule has 0 saturated heterocycles. The van der Waals surface area contributed by atoms with Crippen molar-refractivity contribution in [1.29, 1.82) is 0 Å². The summed E-state index contributed by atoms with van der Waals surface area (Å²) in [5.41, 5.74) is 0. The predicted molar refractivity (Wildman–Crippen MR) is 38.9 cm³/mol. The van der Waals surface area contributed by atoms with Crippen LogP contribution in [0.25, 0.3) is 0 Å². The third-order valence-electron chi connectivity index (χ3n) is 1.15. The molecule has 7 heavy (non-hydrogen) atoms. The van der Waals surface area contributed by atoms with Crippen LogP contribution in [0.5, 0.6) is 0 Å². The maximum atomic E-state index is 5.22. The Morgan fingerprint density at radius 2 is 2.00 bits per heavy atom. The summed E-state index contributed by atoms with van der Waals surface area (Å²) in [5, 5.41) is 0. The fraction of sp³-hybridized carbons (Fsp3) is 1.00. The van der Waals surface area contributed by atoms with E-state index in [1.807, 2.05) is 0 Å². The lowest BCUT2D eigenvalue weighted by atomic mass is 11.0. The maximum Gasteiger partial charge on any atom is 1.00 e. The van der Waals surface area contributed by atoms with Crippen molar-refractivity contribution in [3.8, 4) is 0 Å². The molecular formula is C4H14OSi2+. The van der Waals surface area contributed by atoms with Gasteiger partial charge in [0, 0.05) is 0 Å². The highest BCUT2D eigenvalue weighted by Gasteiger charge is 1.99. The zero-order valence-corrected chi connectivity index (χ0v) is 7.68. The van der Waals surface area contributed by atoms with E-state index in [-0.39, 0.29) is 1.43 Å². The minimum Gasteiger partial charge on any atom is -0.463 e. The summed E-state index contributed by atoms with van der Waals surface area (Å²) in [4.78, 5) is 0. The first kappa shape index (κ1) is 7.39. The maximum absolute atomic E-state index is 5.22. The normalized spacial score (nSPS) is 10.3. The van der Waals surface area contributed by atoms with Crippen molar-refractivity contribution in [3.05, 3.63) is 0 Å². The van der Waals surface area contributed by atoms with Crippen molar-refractivity contribution in [2.75, 3.05) is 0 Å². The van der Waals surface area contributed by atoms with Gasteiger partial charge in [-0.15, -0.1) is 0 Å². The zero-order chi connectivity index (χ0) is 5.70. The van der Waals surface area contributed by atoms with Crippen molar-refractivity contribution in [2.24, 2.45) is 0 Å². The Balaban J connectivity index is 0. The molecule has 0 fully saturated rings. The van der Waals surface area contributed by atoms with E-state index in [1.165, 1.54) is 12.1 Å². The van der Waals surface area contributed by atoms with E-state index in [1.54, 1.807) is 10.5 Å². The lowest BCUT2D eigenvalue weighted by molar-refractivity contribution is 0.629. The highest BCUT2D eigenvalue weighted by Crippen LogP contribution is 1.95. The molecule has 0 bridgehead atoms. The molecule has 0 amide bonds. The largest absolute Gasteiger partial charge is 1.00 e. The van der Waals surface area contributed by atoms with E-state index in [4.69, 9.17) is 4.12 Å². The number of rotatable bonds is 3. The average Bonchev–Trinajstić information content (AvgIpc) is 1.72. The molecule has 0 aromatic rings. The van der Waals surface area contributed by atoms with Gasteiger partial charge in [0.25, 0.3) is 0 Å². The molecule has 43 valence electrons. The van der Waals surface area contributed by atoms with Gasteiger partial charge in [0.05, 0.1) is 0 Å². The minimum atomic E-state index is -0.659. The fourth-order valence-electron chi connectivity index (χ4n) is 0.524. The molecule has 0 aliphatic rings. The third kappa shape index (κ3) is 3.02. The number of hydrogen-bond acceptors (Lipinski definition) is 1. The van der Waals surface area contributed by atoms with E-state index in [2.05, 4.69) is 13.8 Å². The highest BCUT2D eigenvalue weighted by atomic mass is 28.3. The smallest absolute Gasteiger partial charge is 0.463 e. The van der Waals surface area contributed by atoms with Crippen LogP contribution in [0.2, 0.25) is 12.1 Å². The predicted octanol–water partition coefficient (Wildman–Crippen LogP) is 0.427. The second-order valence-corrected chi connectivity index (χ2v) is 5.82. The Hall–Kier alpha value is 0.394. The Morgan fingerprint density at radius 1 is 1.57 bits per heavy atom. The molecule has 1 nitrogen and oxygen atoms in total. The van der Waals surface area contributed by atoms with Crippen LogP contribution < -0.4 is 0 Å². The van der Waals surface area contributed by atoms with E-state index in [0.29, 0.717) is 0 Å². The van der Waals surface area contributed by atoms with Gasteiger partial charge in [0.15, 0.2) is 19.5 Å². The monoisotopic (exact) mass is 134 g/mol. The molecule has 3 heteroatoms. The van der Waals surface area contributed by atoms with Crippen molar-refractivity contribution in [1.82, 2.24) is 0 Å². The minimum absolute atomic E-state index is 0. The van der Waals surface area contributed by atoms with Crippen LogP contribution in [0.3, 0.4) is 0 Å². The van der Waals surface area contributed by atoms with E-state index < -0.39 is 9.04 Å². The summed E-state index contributed by atoms with van der Waals surface area (Å²) >= 11 is 0. The van der Waals surface area contributed by atoms with E-state index >= 15 is 0 Å². The summed E-state index contributed by atoms with van der Waals surface area (Å²) in [6.07, 6.45) is 0. The standard InChI is InChI=1S/C4H13OSi2/c1-3-7(4-2)5-6/h7H,3-4,6H2,1-2H3/p+1. The van der Waals surface area contributed by atoms with Crippen LogP contribution in [0, 0.1) is 0 Å². The molecule has 0 aromatic heterocycles. The van der Waals surface area contributed by atoms with E-state index in [0.717, 1.165) is 0 Å². The van der Waals surface area contributed by atoms with Crippen molar-refractivity contribution >= 4 is 19.5 Å². The summed E-state index contributed by atoms with van der Waals surface area (Å²) < 4.78 is 5.22. The first-order chi connectivity index (χ1) is 3.35. The number of hydrogen-bond donors (Lipinski definition) is 0. The van der Waals surface area contributed by atoms with Gasteiger partial charge < -0.3 is 4.12 Å². The fourth-order valence-corrected chi connectivity index (χ4v) is 2.99. The summed E-state index contributed by atoms with van der Waals surface area (Å²) in [7, 11) is 0.990. The van der Waals surface area contributed by atoms with Gasteiger partial charge >= 0.3 is 1.43 Å². The average molecular weight is 134 g/mol. The quantitative estimate of drug-likeness (QED) is 0.509. The Bertz CT molecular complexity index is 35.5. The summed E-state index contributed by atoms with van der Waals surface area (Å²) in [6, 6.07) is 2.56. The molecule has 0 aliphatic heterocycles. The molecule has 0 N–H and O–H groups in total. The van der Waals surface area contributed by atoms with Crippen LogP contribution in [0.1, 0.15) is 15.3 Å². The highest BCUT2D eigenvalue weighted by molar-refractivity contribution is 6.55. The molecule has 1 radical (unpaired) electrons. The lowest BCUT2D eigenvalue weighted by Gasteiger charge is -2.05. The summed E-state index contributed by atoms with van der Waals surface area (Å²) in [5.74, 6) is 0. The van der Waals surface area contributed by atoms with Crippen LogP contribution in [-0.2, 0) is 4.12 Å². The van der Waals surface area contributed by atoms with Crippen molar-refractivity contribution in [2.45, 2.75) is 25.9 Å². The van der Waals surface area contributed by atoms with Gasteiger partial charge in [-0.3, -0.25) is 0 Å². The zero-order valence-electron chi connectivity index (χ0n) is 6.11. The molecule has 0 spiro atoms. The topological polar surface area (TPSA) is 9.23 Å². The molecule has 0 heterocycles. The molecule has 0 rings (SSSR count).